The van der Waals surface area contributed by atoms with E-state index in [-0.39, 0.29) is 11.5 Å². The maximum absolute atomic E-state index is 10.6. The van der Waals surface area contributed by atoms with Crippen molar-refractivity contribution in [1.82, 2.24) is 25.5 Å². The van der Waals surface area contributed by atoms with Gasteiger partial charge in [0, 0.05) is 12.0 Å². The Bertz CT molecular complexity index is 830. The summed E-state index contributed by atoms with van der Waals surface area (Å²) in [6, 6.07) is 11.7. The molecule has 4 rings (SSSR count). The number of carbonyl (C=O) groups is 1. The summed E-state index contributed by atoms with van der Waals surface area (Å²) in [7, 11) is 0. The van der Waals surface area contributed by atoms with Gasteiger partial charge in [-0.3, -0.25) is 0 Å². The van der Waals surface area contributed by atoms with Crippen LogP contribution < -0.4 is 5.32 Å². The van der Waals surface area contributed by atoms with Gasteiger partial charge in [-0.25, -0.2) is 9.48 Å². The molecule has 1 aromatic heterocycles. The molecule has 0 saturated heterocycles. The van der Waals surface area contributed by atoms with Gasteiger partial charge in [0.25, 0.3) is 0 Å². The van der Waals surface area contributed by atoms with Crippen molar-refractivity contribution in [3.05, 3.63) is 41.7 Å². The van der Waals surface area contributed by atoms with Crippen molar-refractivity contribution in [2.45, 2.75) is 69.1 Å². The highest BCUT2D eigenvalue weighted by molar-refractivity contribution is 5.73. The molecule has 2 aliphatic rings. The molecule has 0 bridgehead atoms. The standard InChI is InChI=1S/C18H25N5.C2HF3O2/c1-14(17-20-21-22-23(17)16-9-10-16)19-13-18(11-5-6-12-18)15-7-3-2-4-8-15;3-2(4,5)1(6)7/h2-4,7-8,14,16,19H,5-6,9-13H2,1H3;(H,6,7). The van der Waals surface area contributed by atoms with Crippen LogP contribution in [0.15, 0.2) is 30.3 Å². The molecule has 1 atom stereocenters. The maximum Gasteiger partial charge on any atom is 0.490 e. The van der Waals surface area contributed by atoms with Gasteiger partial charge in [-0.05, 0) is 48.6 Å². The Labute approximate surface area is 172 Å². The van der Waals surface area contributed by atoms with Gasteiger partial charge in [0.05, 0.1) is 12.1 Å². The number of aliphatic carboxylic acids is 1. The summed E-state index contributed by atoms with van der Waals surface area (Å²) in [5.74, 6) is -1.78. The molecule has 0 aliphatic heterocycles. The molecule has 1 unspecified atom stereocenters. The summed E-state index contributed by atoms with van der Waals surface area (Å²) in [4.78, 5) is 8.90. The van der Waals surface area contributed by atoms with E-state index in [1.165, 1.54) is 44.1 Å². The van der Waals surface area contributed by atoms with Crippen LogP contribution in [0.4, 0.5) is 13.2 Å². The number of hydrogen-bond donors (Lipinski definition) is 2. The van der Waals surface area contributed by atoms with E-state index in [0.29, 0.717) is 6.04 Å². The molecule has 2 N–H and O–H groups in total. The Morgan fingerprint density at radius 1 is 1.27 bits per heavy atom. The van der Waals surface area contributed by atoms with Crippen LogP contribution in [0.1, 0.15) is 68.9 Å². The molecule has 2 saturated carbocycles. The minimum atomic E-state index is -5.08. The predicted molar refractivity (Wildman–Crippen MR) is 103 cm³/mol. The minimum Gasteiger partial charge on any atom is -0.475 e. The Morgan fingerprint density at radius 3 is 2.40 bits per heavy atom. The van der Waals surface area contributed by atoms with Crippen LogP contribution in [0, 0.1) is 0 Å². The predicted octanol–water partition coefficient (Wildman–Crippen LogP) is 3.80. The number of benzene rings is 1. The molecule has 7 nitrogen and oxygen atoms in total. The lowest BCUT2D eigenvalue weighted by Crippen LogP contribution is -2.37. The van der Waals surface area contributed by atoms with E-state index < -0.39 is 12.1 Å². The summed E-state index contributed by atoms with van der Waals surface area (Å²) in [6.07, 6.45) is 2.52. The van der Waals surface area contributed by atoms with Crippen molar-refractivity contribution >= 4 is 5.97 Å². The third kappa shape index (κ3) is 5.35. The molecule has 164 valence electrons. The summed E-state index contributed by atoms with van der Waals surface area (Å²) >= 11 is 0. The van der Waals surface area contributed by atoms with Crippen LogP contribution in [-0.4, -0.2) is 44.0 Å². The fraction of sp³-hybridized carbons (Fsp3) is 0.600. The van der Waals surface area contributed by atoms with Gasteiger partial charge in [-0.15, -0.1) is 5.10 Å². The highest BCUT2D eigenvalue weighted by atomic mass is 19.4. The van der Waals surface area contributed by atoms with Crippen LogP contribution in [0.3, 0.4) is 0 Å². The third-order valence-electron chi connectivity index (χ3n) is 5.73. The number of rotatable bonds is 6. The molecule has 0 spiro atoms. The molecule has 30 heavy (non-hydrogen) atoms. The molecule has 0 radical (unpaired) electrons. The van der Waals surface area contributed by atoms with E-state index in [1.807, 2.05) is 4.68 Å². The van der Waals surface area contributed by atoms with E-state index in [1.54, 1.807) is 0 Å². The lowest BCUT2D eigenvalue weighted by molar-refractivity contribution is -0.192. The number of halogens is 3. The molecular formula is C20H26F3N5O2. The molecule has 2 fully saturated rings. The Kier molecular flexibility index (Phi) is 6.74. The van der Waals surface area contributed by atoms with E-state index in [4.69, 9.17) is 9.90 Å². The van der Waals surface area contributed by atoms with Gasteiger partial charge in [0.1, 0.15) is 0 Å². The highest BCUT2D eigenvalue weighted by Gasteiger charge is 2.38. The number of nitrogens with one attached hydrogen (secondary N) is 1. The van der Waals surface area contributed by atoms with Gasteiger partial charge < -0.3 is 10.4 Å². The van der Waals surface area contributed by atoms with Gasteiger partial charge in [-0.1, -0.05) is 43.2 Å². The Balaban J connectivity index is 0.000000318. The quantitative estimate of drug-likeness (QED) is 0.731. The molecule has 1 heterocycles. The lowest BCUT2D eigenvalue weighted by atomic mass is 9.78. The first-order valence-electron chi connectivity index (χ1n) is 10.1. The van der Waals surface area contributed by atoms with Crippen molar-refractivity contribution in [3.63, 3.8) is 0 Å². The van der Waals surface area contributed by atoms with Crippen LogP contribution in [0.25, 0.3) is 0 Å². The van der Waals surface area contributed by atoms with Crippen molar-refractivity contribution in [1.29, 1.82) is 0 Å². The second-order valence-electron chi connectivity index (χ2n) is 7.97. The second-order valence-corrected chi connectivity index (χ2v) is 7.97. The number of tetrazole rings is 1. The number of alkyl halides is 3. The van der Waals surface area contributed by atoms with Gasteiger partial charge in [0.2, 0.25) is 0 Å². The summed E-state index contributed by atoms with van der Waals surface area (Å²) < 4.78 is 33.8. The largest absolute Gasteiger partial charge is 0.490 e. The number of aromatic nitrogens is 4. The van der Waals surface area contributed by atoms with Crippen LogP contribution in [0.5, 0.6) is 0 Å². The first-order valence-corrected chi connectivity index (χ1v) is 10.1. The van der Waals surface area contributed by atoms with Crippen LogP contribution in [0.2, 0.25) is 0 Å². The number of nitrogens with zero attached hydrogens (tertiary/aromatic N) is 4. The van der Waals surface area contributed by atoms with Crippen molar-refractivity contribution < 1.29 is 23.1 Å². The lowest BCUT2D eigenvalue weighted by Gasteiger charge is -2.31. The zero-order valence-electron chi connectivity index (χ0n) is 16.8. The fourth-order valence-corrected chi connectivity index (χ4v) is 3.92. The summed E-state index contributed by atoms with van der Waals surface area (Å²) in [5.41, 5.74) is 1.74. The van der Waals surface area contributed by atoms with Gasteiger partial charge >= 0.3 is 12.1 Å². The molecule has 0 amide bonds. The van der Waals surface area contributed by atoms with Crippen molar-refractivity contribution in [3.8, 4) is 0 Å². The topological polar surface area (TPSA) is 92.9 Å². The molecular weight excluding hydrogens is 399 g/mol. The first kappa shape index (κ1) is 22.2. The summed E-state index contributed by atoms with van der Waals surface area (Å²) in [6.45, 7) is 3.17. The number of hydrogen-bond acceptors (Lipinski definition) is 5. The smallest absolute Gasteiger partial charge is 0.475 e. The normalized spacial score (nSPS) is 19.1. The SMILES string of the molecule is CC(NCC1(c2ccccc2)CCCC1)c1nnnn1C1CC1.O=C(O)C(F)(F)F. The van der Waals surface area contributed by atoms with E-state index in [9.17, 15) is 13.2 Å². The van der Waals surface area contributed by atoms with E-state index in [0.717, 1.165) is 12.4 Å². The molecule has 1 aromatic carbocycles. The van der Waals surface area contributed by atoms with Crippen LogP contribution in [-0.2, 0) is 10.2 Å². The zero-order chi connectivity index (χ0) is 21.8. The minimum absolute atomic E-state index is 0.187. The summed E-state index contributed by atoms with van der Waals surface area (Å²) in [5, 5.41) is 23.2. The molecule has 2 aliphatic carbocycles. The third-order valence-corrected chi connectivity index (χ3v) is 5.73. The highest BCUT2D eigenvalue weighted by Crippen LogP contribution is 2.41. The van der Waals surface area contributed by atoms with E-state index >= 15 is 0 Å². The second kappa shape index (κ2) is 9.11. The van der Waals surface area contributed by atoms with Crippen LogP contribution >= 0.6 is 0 Å². The van der Waals surface area contributed by atoms with Crippen molar-refractivity contribution in [2.24, 2.45) is 0 Å². The first-order chi connectivity index (χ1) is 14.2. The fourth-order valence-electron chi connectivity index (χ4n) is 3.92. The van der Waals surface area contributed by atoms with Gasteiger partial charge in [-0.2, -0.15) is 13.2 Å². The average Bonchev–Trinajstić information content (AvgIpc) is 3.25. The molecule has 2 aromatic rings. The van der Waals surface area contributed by atoms with Crippen molar-refractivity contribution in [2.75, 3.05) is 6.54 Å². The van der Waals surface area contributed by atoms with Gasteiger partial charge in [0.15, 0.2) is 5.82 Å². The monoisotopic (exact) mass is 425 g/mol. The molecule has 10 heteroatoms. The number of carboxylic acids is 1. The Hall–Kier alpha value is -2.49. The number of carboxylic acid groups (broad SMARTS) is 1. The average molecular weight is 425 g/mol. The maximum atomic E-state index is 10.6. The van der Waals surface area contributed by atoms with E-state index in [2.05, 4.69) is 58.1 Å². The Morgan fingerprint density at radius 2 is 1.87 bits per heavy atom. The zero-order valence-corrected chi connectivity index (χ0v) is 16.8.